The fourth-order valence-electron chi connectivity index (χ4n) is 1.12. The first-order valence-electron chi connectivity index (χ1n) is 4.28. The van der Waals surface area contributed by atoms with Crippen molar-refractivity contribution in [3.63, 3.8) is 0 Å². The molecular formula is C12H12O2. The van der Waals surface area contributed by atoms with Gasteiger partial charge < -0.3 is 5.11 Å². The fraction of sp³-hybridized carbons (Fsp3) is 0.0833. The standard InChI is InChI=1S/C12H12O2/c1-3-10-6-4-5-7-11(10)8-9(2)12(13)14/h3-8H,1H2,2H3,(H,13,14)/b9-8+. The van der Waals surface area contributed by atoms with Crippen LogP contribution in [-0.4, -0.2) is 11.1 Å². The smallest absolute Gasteiger partial charge is 0.331 e. The van der Waals surface area contributed by atoms with Gasteiger partial charge in [0.05, 0.1) is 0 Å². The summed E-state index contributed by atoms with van der Waals surface area (Å²) in [4.78, 5) is 10.6. The molecule has 1 aromatic rings. The number of hydrogen-bond acceptors (Lipinski definition) is 1. The van der Waals surface area contributed by atoms with Crippen LogP contribution in [0.25, 0.3) is 12.2 Å². The molecule has 0 aromatic heterocycles. The molecule has 0 saturated carbocycles. The summed E-state index contributed by atoms with van der Waals surface area (Å²) in [7, 11) is 0. The van der Waals surface area contributed by atoms with E-state index >= 15 is 0 Å². The number of carboxylic acid groups (broad SMARTS) is 1. The first kappa shape index (κ1) is 10.3. The Morgan fingerprint density at radius 3 is 2.43 bits per heavy atom. The Labute approximate surface area is 83.2 Å². The lowest BCUT2D eigenvalue weighted by Gasteiger charge is -2.00. The maximum absolute atomic E-state index is 10.6. The minimum Gasteiger partial charge on any atom is -0.478 e. The largest absolute Gasteiger partial charge is 0.478 e. The Kier molecular flexibility index (Phi) is 3.24. The molecule has 14 heavy (non-hydrogen) atoms. The molecule has 1 rings (SSSR count). The third kappa shape index (κ3) is 2.33. The van der Waals surface area contributed by atoms with Gasteiger partial charge in [0.1, 0.15) is 0 Å². The Bertz CT molecular complexity index is 389. The topological polar surface area (TPSA) is 37.3 Å². The van der Waals surface area contributed by atoms with Gasteiger partial charge in [-0.25, -0.2) is 4.79 Å². The zero-order valence-electron chi connectivity index (χ0n) is 8.03. The average Bonchev–Trinajstić information content (AvgIpc) is 2.18. The summed E-state index contributed by atoms with van der Waals surface area (Å²) in [6, 6.07) is 7.52. The molecule has 0 aliphatic carbocycles. The number of benzene rings is 1. The van der Waals surface area contributed by atoms with Crippen LogP contribution in [0, 0.1) is 0 Å². The SMILES string of the molecule is C=Cc1ccccc1/C=C(\C)C(=O)O. The average molecular weight is 188 g/mol. The van der Waals surface area contributed by atoms with E-state index < -0.39 is 5.97 Å². The molecule has 0 aliphatic heterocycles. The summed E-state index contributed by atoms with van der Waals surface area (Å²) in [6.07, 6.45) is 3.35. The molecule has 1 aromatic carbocycles. The van der Waals surface area contributed by atoms with Crippen LogP contribution in [0.5, 0.6) is 0 Å². The van der Waals surface area contributed by atoms with Gasteiger partial charge in [0, 0.05) is 5.57 Å². The van der Waals surface area contributed by atoms with Crippen molar-refractivity contribution in [3.8, 4) is 0 Å². The van der Waals surface area contributed by atoms with E-state index in [9.17, 15) is 4.79 Å². The first-order valence-corrected chi connectivity index (χ1v) is 4.28. The predicted molar refractivity (Wildman–Crippen MR) is 57.8 cm³/mol. The molecule has 2 nitrogen and oxygen atoms in total. The van der Waals surface area contributed by atoms with Crippen molar-refractivity contribution >= 4 is 18.1 Å². The van der Waals surface area contributed by atoms with Crippen LogP contribution < -0.4 is 0 Å². The van der Waals surface area contributed by atoms with E-state index in [0.717, 1.165) is 11.1 Å². The number of aliphatic carboxylic acids is 1. The number of carboxylic acids is 1. The lowest BCUT2D eigenvalue weighted by atomic mass is 10.1. The molecule has 1 N–H and O–H groups in total. The van der Waals surface area contributed by atoms with Gasteiger partial charge in [0.25, 0.3) is 0 Å². The second-order valence-electron chi connectivity index (χ2n) is 2.97. The lowest BCUT2D eigenvalue weighted by Crippen LogP contribution is -1.95. The van der Waals surface area contributed by atoms with Gasteiger partial charge in [-0.05, 0) is 24.1 Å². The molecule has 0 heterocycles. The van der Waals surface area contributed by atoms with Gasteiger partial charge >= 0.3 is 5.97 Å². The number of rotatable bonds is 3. The fourth-order valence-corrected chi connectivity index (χ4v) is 1.12. The Balaban J connectivity index is 3.13. The van der Waals surface area contributed by atoms with E-state index in [1.165, 1.54) is 0 Å². The van der Waals surface area contributed by atoms with Crippen LogP contribution in [0.1, 0.15) is 18.1 Å². The quantitative estimate of drug-likeness (QED) is 0.740. The first-order chi connectivity index (χ1) is 6.65. The van der Waals surface area contributed by atoms with Crippen LogP contribution in [0.15, 0.2) is 36.4 Å². The second kappa shape index (κ2) is 4.42. The van der Waals surface area contributed by atoms with E-state index in [-0.39, 0.29) is 0 Å². The summed E-state index contributed by atoms with van der Waals surface area (Å²) in [5, 5.41) is 8.71. The monoisotopic (exact) mass is 188 g/mol. The van der Waals surface area contributed by atoms with Crippen molar-refractivity contribution in [1.29, 1.82) is 0 Å². The number of carbonyl (C=O) groups is 1. The summed E-state index contributed by atoms with van der Waals surface area (Å²) in [5.74, 6) is -0.899. The van der Waals surface area contributed by atoms with Crippen LogP contribution >= 0.6 is 0 Å². The third-order valence-corrected chi connectivity index (χ3v) is 1.93. The van der Waals surface area contributed by atoms with Crippen molar-refractivity contribution in [2.45, 2.75) is 6.92 Å². The van der Waals surface area contributed by atoms with Gasteiger partial charge in [-0.1, -0.05) is 36.9 Å². The minimum absolute atomic E-state index is 0.319. The van der Waals surface area contributed by atoms with E-state index in [1.54, 1.807) is 19.1 Å². The zero-order chi connectivity index (χ0) is 10.6. The highest BCUT2D eigenvalue weighted by Crippen LogP contribution is 2.13. The van der Waals surface area contributed by atoms with Gasteiger partial charge in [-0.15, -0.1) is 0 Å². The highest BCUT2D eigenvalue weighted by molar-refractivity contribution is 5.92. The van der Waals surface area contributed by atoms with Gasteiger partial charge in [0.15, 0.2) is 0 Å². The van der Waals surface area contributed by atoms with Crippen molar-refractivity contribution in [3.05, 3.63) is 47.5 Å². The highest BCUT2D eigenvalue weighted by atomic mass is 16.4. The number of hydrogen-bond donors (Lipinski definition) is 1. The molecule has 0 amide bonds. The molecule has 0 atom stereocenters. The molecule has 0 spiro atoms. The lowest BCUT2D eigenvalue weighted by molar-refractivity contribution is -0.132. The maximum atomic E-state index is 10.6. The molecule has 0 aliphatic rings. The van der Waals surface area contributed by atoms with Crippen LogP contribution in [0.2, 0.25) is 0 Å². The van der Waals surface area contributed by atoms with Gasteiger partial charge in [-0.3, -0.25) is 0 Å². The van der Waals surface area contributed by atoms with Crippen molar-refractivity contribution < 1.29 is 9.90 Å². The third-order valence-electron chi connectivity index (χ3n) is 1.93. The predicted octanol–water partition coefficient (Wildman–Crippen LogP) is 2.82. The Morgan fingerprint density at radius 2 is 1.93 bits per heavy atom. The molecule has 0 bridgehead atoms. The van der Waals surface area contributed by atoms with E-state index in [0.29, 0.717) is 5.57 Å². The molecule has 0 radical (unpaired) electrons. The Hall–Kier alpha value is -1.83. The van der Waals surface area contributed by atoms with E-state index in [2.05, 4.69) is 6.58 Å². The summed E-state index contributed by atoms with van der Waals surface area (Å²) in [5.41, 5.74) is 2.13. The molecule has 0 fully saturated rings. The van der Waals surface area contributed by atoms with Crippen LogP contribution in [0.4, 0.5) is 0 Å². The highest BCUT2D eigenvalue weighted by Gasteiger charge is 2.01. The molecule has 0 unspecified atom stereocenters. The van der Waals surface area contributed by atoms with Crippen molar-refractivity contribution in [2.75, 3.05) is 0 Å². The Morgan fingerprint density at radius 1 is 1.36 bits per heavy atom. The zero-order valence-corrected chi connectivity index (χ0v) is 8.03. The normalized spacial score (nSPS) is 11.1. The van der Waals surface area contributed by atoms with E-state index in [4.69, 9.17) is 5.11 Å². The molecule has 72 valence electrons. The maximum Gasteiger partial charge on any atom is 0.331 e. The van der Waals surface area contributed by atoms with Crippen LogP contribution in [0.3, 0.4) is 0 Å². The van der Waals surface area contributed by atoms with Gasteiger partial charge in [-0.2, -0.15) is 0 Å². The molecular weight excluding hydrogens is 176 g/mol. The summed E-state index contributed by atoms with van der Waals surface area (Å²) >= 11 is 0. The summed E-state index contributed by atoms with van der Waals surface area (Å²) < 4.78 is 0. The van der Waals surface area contributed by atoms with Crippen molar-refractivity contribution in [2.24, 2.45) is 0 Å². The summed E-state index contributed by atoms with van der Waals surface area (Å²) in [6.45, 7) is 5.24. The van der Waals surface area contributed by atoms with E-state index in [1.807, 2.05) is 24.3 Å². The minimum atomic E-state index is -0.899. The second-order valence-corrected chi connectivity index (χ2v) is 2.97. The van der Waals surface area contributed by atoms with Crippen molar-refractivity contribution in [1.82, 2.24) is 0 Å². The van der Waals surface area contributed by atoms with Crippen LogP contribution in [-0.2, 0) is 4.79 Å². The molecule has 2 heteroatoms. The van der Waals surface area contributed by atoms with Gasteiger partial charge in [0.2, 0.25) is 0 Å². The molecule has 0 saturated heterocycles.